The second kappa shape index (κ2) is 8.39. The summed E-state index contributed by atoms with van der Waals surface area (Å²) in [4.78, 5) is 22.5. The highest BCUT2D eigenvalue weighted by Crippen LogP contribution is 2.20. The van der Waals surface area contributed by atoms with Gasteiger partial charge in [-0.25, -0.2) is 4.79 Å². The minimum absolute atomic E-state index is 0.151. The van der Waals surface area contributed by atoms with Crippen molar-refractivity contribution in [3.8, 4) is 5.75 Å². The quantitative estimate of drug-likeness (QED) is 0.754. The third-order valence-electron chi connectivity index (χ3n) is 3.14. The number of ether oxygens (including phenoxy) is 1. The van der Waals surface area contributed by atoms with Crippen molar-refractivity contribution in [3.63, 3.8) is 0 Å². The van der Waals surface area contributed by atoms with E-state index in [4.69, 9.17) is 14.4 Å². The zero-order valence-corrected chi connectivity index (χ0v) is 14.2. The second-order valence-electron chi connectivity index (χ2n) is 5.05. The van der Waals surface area contributed by atoms with Gasteiger partial charge in [0.1, 0.15) is 11.5 Å². The van der Waals surface area contributed by atoms with Gasteiger partial charge >= 0.3 is 5.97 Å². The first-order chi connectivity index (χ1) is 11.5. The van der Waals surface area contributed by atoms with Crippen molar-refractivity contribution >= 4 is 29.3 Å². The van der Waals surface area contributed by atoms with Crippen LogP contribution in [0.2, 0.25) is 0 Å². The second-order valence-corrected chi connectivity index (χ2v) is 6.04. The number of nitrogens with zero attached hydrogens (tertiary/aromatic N) is 1. The zero-order valence-electron chi connectivity index (χ0n) is 13.4. The number of thioether (sulfide) groups is 1. The lowest BCUT2D eigenvalue weighted by molar-refractivity contribution is -0.139. The maximum atomic E-state index is 12.0. The summed E-state index contributed by atoms with van der Waals surface area (Å²) in [5.74, 6) is 0.880. The molecule has 0 radical (unpaired) electrons. The Labute approximate surface area is 143 Å². The molecule has 0 saturated heterocycles. The first-order valence-corrected chi connectivity index (χ1v) is 8.35. The van der Waals surface area contributed by atoms with E-state index in [0.717, 1.165) is 17.0 Å². The van der Waals surface area contributed by atoms with Gasteiger partial charge in [0, 0.05) is 23.1 Å². The van der Waals surface area contributed by atoms with E-state index in [0.29, 0.717) is 17.2 Å². The lowest BCUT2D eigenvalue weighted by Crippen LogP contribution is -2.14. The van der Waals surface area contributed by atoms with Gasteiger partial charge in [-0.15, -0.1) is 11.8 Å². The SMILES string of the molecule is Cc1noc(C)c1CSCC(=O)Nc1cccc(OCC(=O)O)c1. The Hall–Kier alpha value is -2.48. The number of aliphatic carboxylic acids is 1. The Kier molecular flexibility index (Phi) is 6.25. The van der Waals surface area contributed by atoms with Gasteiger partial charge < -0.3 is 19.7 Å². The highest BCUT2D eigenvalue weighted by molar-refractivity contribution is 7.99. The maximum absolute atomic E-state index is 12.0. The normalized spacial score (nSPS) is 10.4. The van der Waals surface area contributed by atoms with Crippen LogP contribution in [0.1, 0.15) is 17.0 Å². The molecule has 2 N–H and O–H groups in total. The first-order valence-electron chi connectivity index (χ1n) is 7.19. The molecule has 1 amide bonds. The van der Waals surface area contributed by atoms with E-state index < -0.39 is 12.6 Å². The van der Waals surface area contributed by atoms with Gasteiger partial charge in [-0.2, -0.15) is 0 Å². The number of hydrogen-bond donors (Lipinski definition) is 2. The Morgan fingerprint density at radius 1 is 1.38 bits per heavy atom. The Balaban J connectivity index is 1.82. The summed E-state index contributed by atoms with van der Waals surface area (Å²) < 4.78 is 10.2. The van der Waals surface area contributed by atoms with Gasteiger partial charge in [-0.05, 0) is 26.0 Å². The van der Waals surface area contributed by atoms with E-state index in [9.17, 15) is 9.59 Å². The molecule has 2 aromatic rings. The van der Waals surface area contributed by atoms with Gasteiger partial charge in [0.05, 0.1) is 11.4 Å². The molecule has 1 aromatic heterocycles. The fraction of sp³-hybridized carbons (Fsp3) is 0.312. The van der Waals surface area contributed by atoms with Crippen molar-refractivity contribution in [2.24, 2.45) is 0 Å². The number of benzene rings is 1. The lowest BCUT2D eigenvalue weighted by Gasteiger charge is -2.08. The summed E-state index contributed by atoms with van der Waals surface area (Å²) in [6.07, 6.45) is 0. The van der Waals surface area contributed by atoms with Crippen molar-refractivity contribution in [1.29, 1.82) is 0 Å². The van der Waals surface area contributed by atoms with Crippen molar-refractivity contribution in [2.45, 2.75) is 19.6 Å². The molecule has 0 aliphatic rings. The molecule has 0 bridgehead atoms. The molecular formula is C16H18N2O5S. The molecule has 2 rings (SSSR count). The molecule has 1 aromatic carbocycles. The van der Waals surface area contributed by atoms with E-state index >= 15 is 0 Å². The van der Waals surface area contributed by atoms with E-state index in [1.54, 1.807) is 24.3 Å². The van der Waals surface area contributed by atoms with Crippen LogP contribution in [0.4, 0.5) is 5.69 Å². The molecule has 0 saturated carbocycles. The minimum Gasteiger partial charge on any atom is -0.482 e. The molecule has 1 heterocycles. The summed E-state index contributed by atoms with van der Waals surface area (Å²) in [7, 11) is 0. The summed E-state index contributed by atoms with van der Waals surface area (Å²) in [5, 5.41) is 15.2. The third kappa shape index (κ3) is 5.31. The van der Waals surface area contributed by atoms with Crippen LogP contribution < -0.4 is 10.1 Å². The van der Waals surface area contributed by atoms with E-state index in [1.807, 2.05) is 13.8 Å². The Morgan fingerprint density at radius 2 is 2.17 bits per heavy atom. The van der Waals surface area contributed by atoms with Crippen molar-refractivity contribution in [3.05, 3.63) is 41.3 Å². The predicted octanol–water partition coefficient (Wildman–Crippen LogP) is 2.63. The van der Waals surface area contributed by atoms with Gasteiger partial charge in [0.15, 0.2) is 6.61 Å². The smallest absolute Gasteiger partial charge is 0.341 e. The molecule has 8 heteroatoms. The number of aryl methyl sites for hydroxylation is 2. The van der Waals surface area contributed by atoms with Gasteiger partial charge in [0.25, 0.3) is 0 Å². The van der Waals surface area contributed by atoms with Crippen LogP contribution >= 0.6 is 11.8 Å². The van der Waals surface area contributed by atoms with Crippen LogP contribution in [-0.2, 0) is 15.3 Å². The third-order valence-corrected chi connectivity index (χ3v) is 4.10. The molecule has 0 aliphatic heterocycles. The highest BCUT2D eigenvalue weighted by Gasteiger charge is 2.10. The topological polar surface area (TPSA) is 102 Å². The average molecular weight is 350 g/mol. The minimum atomic E-state index is -1.06. The van der Waals surface area contributed by atoms with Crippen LogP contribution in [0.15, 0.2) is 28.8 Å². The largest absolute Gasteiger partial charge is 0.482 e. The van der Waals surface area contributed by atoms with E-state index in [1.165, 1.54) is 11.8 Å². The molecule has 128 valence electrons. The summed E-state index contributed by atoms with van der Waals surface area (Å²) >= 11 is 1.46. The Morgan fingerprint density at radius 3 is 2.83 bits per heavy atom. The molecule has 0 unspecified atom stereocenters. The van der Waals surface area contributed by atoms with Crippen molar-refractivity contribution in [2.75, 3.05) is 17.7 Å². The fourth-order valence-corrected chi connectivity index (χ4v) is 2.94. The summed E-state index contributed by atoms with van der Waals surface area (Å²) in [5.41, 5.74) is 2.40. The number of rotatable bonds is 8. The lowest BCUT2D eigenvalue weighted by atomic mass is 10.2. The van der Waals surface area contributed by atoms with Crippen molar-refractivity contribution in [1.82, 2.24) is 5.16 Å². The Bertz CT molecular complexity index is 710. The monoisotopic (exact) mass is 350 g/mol. The van der Waals surface area contributed by atoms with Crippen LogP contribution in [0.25, 0.3) is 0 Å². The maximum Gasteiger partial charge on any atom is 0.341 e. The van der Waals surface area contributed by atoms with E-state index in [-0.39, 0.29) is 11.7 Å². The summed E-state index contributed by atoms with van der Waals surface area (Å²) in [6, 6.07) is 6.61. The van der Waals surface area contributed by atoms with Crippen molar-refractivity contribution < 1.29 is 24.0 Å². The zero-order chi connectivity index (χ0) is 17.5. The number of carboxylic acid groups (broad SMARTS) is 1. The van der Waals surface area contributed by atoms with Gasteiger partial charge in [0.2, 0.25) is 5.91 Å². The average Bonchev–Trinajstić information content (AvgIpc) is 2.85. The molecule has 0 aliphatic carbocycles. The number of carbonyl (C=O) groups excluding carboxylic acids is 1. The van der Waals surface area contributed by atoms with Gasteiger partial charge in [-0.3, -0.25) is 4.79 Å². The molecular weight excluding hydrogens is 332 g/mol. The highest BCUT2D eigenvalue weighted by atomic mass is 32.2. The fourth-order valence-electron chi connectivity index (χ4n) is 1.96. The standard InChI is InChI=1S/C16H18N2O5S/c1-10-14(11(2)23-18-10)8-24-9-15(19)17-12-4-3-5-13(6-12)22-7-16(20)21/h3-6H,7-9H2,1-2H3,(H,17,19)(H,20,21). The van der Waals surface area contributed by atoms with Crippen LogP contribution in [0.5, 0.6) is 5.75 Å². The number of anilines is 1. The molecule has 24 heavy (non-hydrogen) atoms. The van der Waals surface area contributed by atoms with Crippen LogP contribution in [-0.4, -0.2) is 34.5 Å². The number of carbonyl (C=O) groups is 2. The molecule has 7 nitrogen and oxygen atoms in total. The number of aromatic nitrogens is 1. The van der Waals surface area contributed by atoms with Gasteiger partial charge in [-0.1, -0.05) is 11.2 Å². The number of amides is 1. The summed E-state index contributed by atoms with van der Waals surface area (Å²) in [6.45, 7) is 3.29. The molecule has 0 spiro atoms. The van der Waals surface area contributed by atoms with E-state index in [2.05, 4.69) is 10.5 Å². The van der Waals surface area contributed by atoms with Crippen LogP contribution in [0.3, 0.4) is 0 Å². The van der Waals surface area contributed by atoms with Crippen LogP contribution in [0, 0.1) is 13.8 Å². The number of hydrogen-bond acceptors (Lipinski definition) is 6. The predicted molar refractivity (Wildman–Crippen MR) is 90.3 cm³/mol. The number of carboxylic acids is 1. The first kappa shape index (κ1) is 17.9. The number of nitrogens with one attached hydrogen (secondary N) is 1. The molecule has 0 fully saturated rings. The molecule has 0 atom stereocenters.